The maximum absolute atomic E-state index is 13.7. The van der Waals surface area contributed by atoms with E-state index < -0.39 is 11.4 Å². The van der Waals surface area contributed by atoms with Crippen molar-refractivity contribution in [3.63, 3.8) is 0 Å². The van der Waals surface area contributed by atoms with E-state index in [1.54, 1.807) is 13.8 Å². The summed E-state index contributed by atoms with van der Waals surface area (Å²) >= 11 is 5.95. The molecule has 1 unspecified atom stereocenters. The van der Waals surface area contributed by atoms with Gasteiger partial charge in [0, 0.05) is 37.4 Å². The molecule has 2 saturated carbocycles. The number of nitriles is 1. The molecule has 0 bridgehead atoms. The Labute approximate surface area is 230 Å². The Bertz CT molecular complexity index is 1210. The maximum atomic E-state index is 13.7. The van der Waals surface area contributed by atoms with Gasteiger partial charge in [0.15, 0.2) is 0 Å². The maximum Gasteiger partial charge on any atom is 0.322 e. The number of anilines is 1. The van der Waals surface area contributed by atoms with Gasteiger partial charge in [-0.15, -0.1) is 0 Å². The summed E-state index contributed by atoms with van der Waals surface area (Å²) in [6, 6.07) is 14.4. The molecule has 0 aliphatic heterocycles. The molecule has 6 nitrogen and oxygen atoms in total. The molecule has 2 fully saturated rings. The van der Waals surface area contributed by atoms with Gasteiger partial charge in [-0.2, -0.15) is 5.26 Å². The van der Waals surface area contributed by atoms with Gasteiger partial charge in [-0.05, 0) is 101 Å². The Morgan fingerprint density at radius 3 is 2.68 bits per heavy atom. The van der Waals surface area contributed by atoms with E-state index in [9.17, 15) is 19.6 Å². The first-order valence-electron chi connectivity index (χ1n) is 13.4. The number of halogens is 2. The molecule has 2 aromatic carbocycles. The number of aliphatic hydroxyl groups is 1. The van der Waals surface area contributed by atoms with Gasteiger partial charge in [-0.25, -0.2) is 9.18 Å². The molecule has 0 radical (unpaired) electrons. The number of carbonyl (C=O) groups is 1. The summed E-state index contributed by atoms with van der Waals surface area (Å²) in [4.78, 5) is 17.7. The fourth-order valence-electron chi connectivity index (χ4n) is 6.02. The molecular formula is C30H38ClFN4O2. The van der Waals surface area contributed by atoms with Gasteiger partial charge in [0.2, 0.25) is 0 Å². The van der Waals surface area contributed by atoms with Crippen molar-refractivity contribution in [1.29, 1.82) is 5.26 Å². The molecule has 2 aliphatic rings. The SMILES string of the molecule is CC(C)N(CCN(C(=O)Nc1ccc(F)c(Cl)c1)[C@@H]1CC[C@]2(c3cccc(C#N)c3)CC2C1)CC(C)(C)O. The van der Waals surface area contributed by atoms with E-state index in [4.69, 9.17) is 11.6 Å². The summed E-state index contributed by atoms with van der Waals surface area (Å²) in [5.41, 5.74) is 1.62. The topological polar surface area (TPSA) is 79.6 Å². The van der Waals surface area contributed by atoms with E-state index in [1.165, 1.54) is 23.8 Å². The lowest BCUT2D eigenvalue weighted by atomic mass is 9.80. The molecular weight excluding hydrogens is 503 g/mol. The Morgan fingerprint density at radius 2 is 2.05 bits per heavy atom. The van der Waals surface area contributed by atoms with Gasteiger partial charge >= 0.3 is 6.03 Å². The first-order valence-corrected chi connectivity index (χ1v) is 13.8. The van der Waals surface area contributed by atoms with Gasteiger partial charge in [0.1, 0.15) is 5.82 Å². The van der Waals surface area contributed by atoms with Gasteiger partial charge in [0.05, 0.1) is 22.3 Å². The van der Waals surface area contributed by atoms with Gasteiger partial charge < -0.3 is 15.3 Å². The lowest BCUT2D eigenvalue weighted by Gasteiger charge is -2.39. The number of hydrogen-bond acceptors (Lipinski definition) is 4. The van der Waals surface area contributed by atoms with Crippen molar-refractivity contribution >= 4 is 23.3 Å². The van der Waals surface area contributed by atoms with E-state index >= 15 is 0 Å². The summed E-state index contributed by atoms with van der Waals surface area (Å²) in [5, 5.41) is 22.7. The number of amides is 2. The van der Waals surface area contributed by atoms with Crippen LogP contribution in [-0.2, 0) is 5.41 Å². The van der Waals surface area contributed by atoms with Crippen molar-refractivity contribution in [3.8, 4) is 6.07 Å². The van der Waals surface area contributed by atoms with Gasteiger partial charge in [-0.1, -0.05) is 23.7 Å². The number of fused-ring (bicyclic) bond motifs is 1. The second kappa shape index (κ2) is 11.2. The number of urea groups is 1. The number of hydrogen-bond donors (Lipinski definition) is 2. The van der Waals surface area contributed by atoms with E-state index in [2.05, 4.69) is 36.2 Å². The summed E-state index contributed by atoms with van der Waals surface area (Å²) in [6.07, 6.45) is 3.78. The van der Waals surface area contributed by atoms with Crippen LogP contribution in [0.25, 0.3) is 0 Å². The standard InChI is InChI=1S/C30H38ClFN4O2/c1-20(2)35(19-29(3,4)38)12-13-36(28(37)34-24-8-9-27(32)26(31)16-24)25-10-11-30(17-23(30)15-25)22-7-5-6-21(14-22)18-33/h5-9,14,16,20,23,25,38H,10-13,15,17,19H2,1-4H3,(H,34,37)/t23?,25-,30-/m1/s1. The smallest absolute Gasteiger partial charge is 0.322 e. The van der Waals surface area contributed by atoms with Crippen molar-refractivity contribution in [2.75, 3.05) is 25.0 Å². The highest BCUT2D eigenvalue weighted by Crippen LogP contribution is 2.62. The second-order valence-corrected chi connectivity index (χ2v) is 12.2. The van der Waals surface area contributed by atoms with E-state index in [0.717, 1.165) is 25.7 Å². The molecule has 38 heavy (non-hydrogen) atoms. The highest BCUT2D eigenvalue weighted by molar-refractivity contribution is 6.31. The lowest BCUT2D eigenvalue weighted by Crippen LogP contribution is -2.51. The molecule has 0 saturated heterocycles. The van der Waals surface area contributed by atoms with Crippen LogP contribution in [0.4, 0.5) is 14.9 Å². The average Bonchev–Trinajstić information content (AvgIpc) is 3.60. The first-order chi connectivity index (χ1) is 17.9. The third-order valence-corrected chi connectivity index (χ3v) is 8.39. The predicted octanol–water partition coefficient (Wildman–Crippen LogP) is 6.18. The predicted molar refractivity (Wildman–Crippen MR) is 149 cm³/mol. The molecule has 2 amide bonds. The highest BCUT2D eigenvalue weighted by Gasteiger charge is 2.58. The molecule has 0 heterocycles. The largest absolute Gasteiger partial charge is 0.389 e. The molecule has 2 N–H and O–H groups in total. The monoisotopic (exact) mass is 540 g/mol. The number of nitrogens with zero attached hydrogens (tertiary/aromatic N) is 3. The van der Waals surface area contributed by atoms with E-state index in [0.29, 0.717) is 36.8 Å². The van der Waals surface area contributed by atoms with Crippen LogP contribution in [0.5, 0.6) is 0 Å². The normalized spacial score (nSPS) is 22.6. The van der Waals surface area contributed by atoms with E-state index in [-0.39, 0.29) is 28.6 Å². The van der Waals surface area contributed by atoms with Crippen molar-refractivity contribution in [2.24, 2.45) is 5.92 Å². The second-order valence-electron chi connectivity index (χ2n) is 11.8. The molecule has 3 atom stereocenters. The van der Waals surface area contributed by atoms with Gasteiger partial charge in [-0.3, -0.25) is 4.90 Å². The van der Waals surface area contributed by atoms with Crippen LogP contribution in [0.15, 0.2) is 42.5 Å². The molecule has 0 spiro atoms. The zero-order valence-corrected chi connectivity index (χ0v) is 23.4. The van der Waals surface area contributed by atoms with Gasteiger partial charge in [0.25, 0.3) is 0 Å². The summed E-state index contributed by atoms with van der Waals surface area (Å²) < 4.78 is 13.7. The zero-order chi connectivity index (χ0) is 27.7. The Balaban J connectivity index is 1.51. The van der Waals surface area contributed by atoms with Crippen LogP contribution in [-0.4, -0.2) is 58.3 Å². The number of nitrogens with one attached hydrogen (secondary N) is 1. The first kappa shape index (κ1) is 28.4. The average molecular weight is 541 g/mol. The molecule has 4 rings (SSSR count). The molecule has 2 aliphatic carbocycles. The third kappa shape index (κ3) is 6.48. The Hall–Kier alpha value is -2.66. The summed E-state index contributed by atoms with van der Waals surface area (Å²) in [6.45, 7) is 9.38. The van der Waals surface area contributed by atoms with Crippen LogP contribution in [0.2, 0.25) is 5.02 Å². The third-order valence-electron chi connectivity index (χ3n) is 8.10. The van der Waals surface area contributed by atoms with Crippen LogP contribution >= 0.6 is 11.6 Å². The summed E-state index contributed by atoms with van der Waals surface area (Å²) in [7, 11) is 0. The Kier molecular flexibility index (Phi) is 8.37. The van der Waals surface area contributed by atoms with Crippen LogP contribution < -0.4 is 5.32 Å². The van der Waals surface area contributed by atoms with Crippen LogP contribution in [0.3, 0.4) is 0 Å². The number of benzene rings is 2. The van der Waals surface area contributed by atoms with Crippen LogP contribution in [0, 0.1) is 23.1 Å². The molecule has 0 aromatic heterocycles. The van der Waals surface area contributed by atoms with Crippen molar-refractivity contribution in [1.82, 2.24) is 9.80 Å². The fraction of sp³-hybridized carbons (Fsp3) is 0.533. The quantitative estimate of drug-likeness (QED) is 0.398. The van der Waals surface area contributed by atoms with Crippen molar-refractivity contribution in [2.45, 2.75) is 76.5 Å². The Morgan fingerprint density at radius 1 is 1.29 bits per heavy atom. The molecule has 8 heteroatoms. The number of rotatable bonds is 9. The minimum Gasteiger partial charge on any atom is -0.389 e. The minimum absolute atomic E-state index is 0.0365. The molecule has 2 aromatic rings. The highest BCUT2D eigenvalue weighted by atomic mass is 35.5. The van der Waals surface area contributed by atoms with Crippen molar-refractivity contribution in [3.05, 3.63) is 64.4 Å². The number of carbonyl (C=O) groups excluding carboxylic acids is 1. The fourth-order valence-corrected chi connectivity index (χ4v) is 6.20. The zero-order valence-electron chi connectivity index (χ0n) is 22.7. The van der Waals surface area contributed by atoms with Crippen molar-refractivity contribution < 1.29 is 14.3 Å². The summed E-state index contributed by atoms with van der Waals surface area (Å²) in [5.74, 6) is -0.0677. The van der Waals surface area contributed by atoms with Crippen LogP contribution in [0.1, 0.15) is 64.5 Å². The minimum atomic E-state index is -0.849. The van der Waals surface area contributed by atoms with E-state index in [1.807, 2.05) is 23.1 Å². The lowest BCUT2D eigenvalue weighted by molar-refractivity contribution is 0.0217. The molecule has 204 valence electrons.